The fourth-order valence-electron chi connectivity index (χ4n) is 1.84. The van der Waals surface area contributed by atoms with E-state index in [9.17, 15) is 13.2 Å². The second kappa shape index (κ2) is 6.65. The summed E-state index contributed by atoms with van der Waals surface area (Å²) in [5.41, 5.74) is 5.56. The minimum absolute atomic E-state index is 0.0653. The molecule has 0 radical (unpaired) electrons. The van der Waals surface area contributed by atoms with E-state index in [1.165, 1.54) is 6.07 Å². The van der Waals surface area contributed by atoms with Gasteiger partial charge in [0.25, 0.3) is 0 Å². The monoisotopic (exact) mass is 276 g/mol. The van der Waals surface area contributed by atoms with E-state index in [0.717, 1.165) is 25.0 Å². The number of nitrogens with zero attached hydrogens (tertiary/aromatic N) is 1. The molecule has 1 rings (SSSR count). The minimum Gasteiger partial charge on any atom is -0.397 e. The maximum absolute atomic E-state index is 12.5. The topological polar surface area (TPSA) is 49.5 Å². The van der Waals surface area contributed by atoms with Crippen LogP contribution in [0, 0.1) is 0 Å². The molecule has 0 aromatic heterocycles. The van der Waals surface area contributed by atoms with E-state index in [2.05, 4.69) is 0 Å². The summed E-state index contributed by atoms with van der Waals surface area (Å²) in [6.07, 6.45) is -2.54. The second-order valence-electron chi connectivity index (χ2n) is 4.34. The van der Waals surface area contributed by atoms with Crippen molar-refractivity contribution in [3.8, 4) is 0 Å². The van der Waals surface area contributed by atoms with Gasteiger partial charge in [-0.2, -0.15) is 13.2 Å². The molecule has 0 heterocycles. The Bertz CT molecular complexity index is 407. The molecule has 0 spiro atoms. The molecule has 3 nitrogen and oxygen atoms in total. The van der Waals surface area contributed by atoms with Crippen LogP contribution in [0.25, 0.3) is 0 Å². The number of hydrogen-bond donors (Lipinski definition) is 2. The number of hydrogen-bond acceptors (Lipinski definition) is 3. The van der Waals surface area contributed by atoms with Crippen LogP contribution in [0.5, 0.6) is 0 Å². The average molecular weight is 276 g/mol. The average Bonchev–Trinajstić information content (AvgIpc) is 2.33. The van der Waals surface area contributed by atoms with Crippen LogP contribution < -0.4 is 10.6 Å². The molecule has 0 aliphatic carbocycles. The zero-order valence-corrected chi connectivity index (χ0v) is 10.9. The third-order valence-corrected chi connectivity index (χ3v) is 2.85. The van der Waals surface area contributed by atoms with E-state index in [-0.39, 0.29) is 12.3 Å². The number of nitrogens with two attached hydrogens (primary N) is 1. The number of nitrogen functional groups attached to an aromatic ring is 1. The number of alkyl halides is 3. The Hall–Kier alpha value is -1.43. The van der Waals surface area contributed by atoms with Gasteiger partial charge in [0.1, 0.15) is 0 Å². The molecular weight excluding hydrogens is 257 g/mol. The van der Waals surface area contributed by atoms with Crippen molar-refractivity contribution in [3.05, 3.63) is 23.8 Å². The molecule has 19 heavy (non-hydrogen) atoms. The lowest BCUT2D eigenvalue weighted by Crippen LogP contribution is -2.28. The van der Waals surface area contributed by atoms with E-state index in [4.69, 9.17) is 10.8 Å². The number of benzene rings is 1. The molecule has 0 aliphatic heterocycles. The summed E-state index contributed by atoms with van der Waals surface area (Å²) in [4.78, 5) is 1.80. The Labute approximate surface area is 110 Å². The van der Waals surface area contributed by atoms with E-state index >= 15 is 0 Å². The highest BCUT2D eigenvalue weighted by molar-refractivity contribution is 5.68. The molecule has 1 aromatic rings. The number of aliphatic hydroxyl groups is 1. The molecule has 0 amide bonds. The van der Waals surface area contributed by atoms with Crippen LogP contribution in [-0.2, 0) is 6.18 Å². The van der Waals surface area contributed by atoms with Crippen LogP contribution in [0.4, 0.5) is 24.5 Å². The lowest BCUT2D eigenvalue weighted by atomic mass is 10.1. The molecule has 0 saturated carbocycles. The lowest BCUT2D eigenvalue weighted by Gasteiger charge is -2.25. The van der Waals surface area contributed by atoms with Crippen molar-refractivity contribution in [2.45, 2.75) is 25.9 Å². The van der Waals surface area contributed by atoms with Gasteiger partial charge in [-0.3, -0.25) is 0 Å². The van der Waals surface area contributed by atoms with E-state index in [1.54, 1.807) is 4.90 Å². The Morgan fingerprint density at radius 3 is 2.42 bits per heavy atom. The summed E-state index contributed by atoms with van der Waals surface area (Å²) in [5.74, 6) is 0. The molecule has 0 bridgehead atoms. The summed E-state index contributed by atoms with van der Waals surface area (Å²) >= 11 is 0. The first-order valence-corrected chi connectivity index (χ1v) is 6.22. The summed E-state index contributed by atoms with van der Waals surface area (Å²) in [6.45, 7) is 2.97. The molecule has 6 heteroatoms. The van der Waals surface area contributed by atoms with Gasteiger partial charge in [0, 0.05) is 13.1 Å². The van der Waals surface area contributed by atoms with Crippen LogP contribution in [0.1, 0.15) is 25.3 Å². The van der Waals surface area contributed by atoms with Crippen LogP contribution in [0.3, 0.4) is 0 Å². The Balaban J connectivity index is 2.97. The van der Waals surface area contributed by atoms with Gasteiger partial charge in [-0.25, -0.2) is 0 Å². The highest BCUT2D eigenvalue weighted by Gasteiger charge is 2.31. The number of rotatable bonds is 6. The first kappa shape index (κ1) is 15.6. The quantitative estimate of drug-likeness (QED) is 0.785. The zero-order chi connectivity index (χ0) is 14.5. The smallest absolute Gasteiger partial charge is 0.397 e. The van der Waals surface area contributed by atoms with Crippen LogP contribution in [0.2, 0.25) is 0 Å². The summed E-state index contributed by atoms with van der Waals surface area (Å²) in [7, 11) is 0. The number of halogens is 3. The first-order valence-electron chi connectivity index (χ1n) is 6.22. The van der Waals surface area contributed by atoms with Crippen molar-refractivity contribution >= 4 is 11.4 Å². The van der Waals surface area contributed by atoms with Crippen LogP contribution >= 0.6 is 0 Å². The molecule has 0 aliphatic rings. The van der Waals surface area contributed by atoms with Gasteiger partial charge in [0.05, 0.1) is 23.5 Å². The van der Waals surface area contributed by atoms with E-state index < -0.39 is 11.7 Å². The maximum atomic E-state index is 12.5. The molecule has 0 fully saturated rings. The Morgan fingerprint density at radius 2 is 1.95 bits per heavy atom. The van der Waals surface area contributed by atoms with Gasteiger partial charge in [0.15, 0.2) is 0 Å². The SMILES string of the molecule is CCCCN(CCO)c1ccc(C(F)(F)F)cc1N. The van der Waals surface area contributed by atoms with Gasteiger partial charge >= 0.3 is 6.18 Å². The predicted molar refractivity (Wildman–Crippen MR) is 70.1 cm³/mol. The van der Waals surface area contributed by atoms with Crippen LogP contribution in [-0.4, -0.2) is 24.8 Å². The molecule has 0 atom stereocenters. The summed E-state index contributed by atoms with van der Waals surface area (Å²) in [5, 5.41) is 9.01. The van der Waals surface area contributed by atoms with Crippen molar-refractivity contribution in [1.29, 1.82) is 0 Å². The highest BCUT2D eigenvalue weighted by atomic mass is 19.4. The normalized spacial score (nSPS) is 11.6. The number of aliphatic hydroxyl groups excluding tert-OH is 1. The van der Waals surface area contributed by atoms with Crippen molar-refractivity contribution in [2.75, 3.05) is 30.3 Å². The van der Waals surface area contributed by atoms with Crippen molar-refractivity contribution < 1.29 is 18.3 Å². The first-order chi connectivity index (χ1) is 8.90. The zero-order valence-electron chi connectivity index (χ0n) is 10.9. The van der Waals surface area contributed by atoms with E-state index in [0.29, 0.717) is 18.8 Å². The number of anilines is 2. The number of unbranched alkanes of at least 4 members (excludes halogenated alkanes) is 1. The van der Waals surface area contributed by atoms with E-state index in [1.807, 2.05) is 6.92 Å². The fourth-order valence-corrected chi connectivity index (χ4v) is 1.84. The minimum atomic E-state index is -4.39. The molecule has 1 aromatic carbocycles. The van der Waals surface area contributed by atoms with Gasteiger partial charge in [-0.15, -0.1) is 0 Å². The van der Waals surface area contributed by atoms with Gasteiger partial charge < -0.3 is 15.7 Å². The second-order valence-corrected chi connectivity index (χ2v) is 4.34. The third-order valence-electron chi connectivity index (χ3n) is 2.85. The molecule has 0 unspecified atom stereocenters. The summed E-state index contributed by atoms with van der Waals surface area (Å²) < 4.78 is 37.6. The molecule has 3 N–H and O–H groups in total. The Kier molecular flexibility index (Phi) is 5.47. The van der Waals surface area contributed by atoms with Crippen LogP contribution in [0.15, 0.2) is 18.2 Å². The standard InChI is InChI=1S/C13H19F3N2O/c1-2-3-6-18(7-8-19)12-5-4-10(9-11(12)17)13(14,15)16/h4-5,9,19H,2-3,6-8,17H2,1H3. The van der Waals surface area contributed by atoms with Crippen molar-refractivity contribution in [2.24, 2.45) is 0 Å². The summed E-state index contributed by atoms with van der Waals surface area (Å²) in [6, 6.07) is 3.32. The fraction of sp³-hybridized carbons (Fsp3) is 0.538. The highest BCUT2D eigenvalue weighted by Crippen LogP contribution is 2.34. The van der Waals surface area contributed by atoms with Gasteiger partial charge in [0.2, 0.25) is 0 Å². The van der Waals surface area contributed by atoms with Gasteiger partial charge in [-0.05, 0) is 24.6 Å². The maximum Gasteiger partial charge on any atom is 0.416 e. The lowest BCUT2D eigenvalue weighted by molar-refractivity contribution is -0.137. The largest absolute Gasteiger partial charge is 0.416 e. The Morgan fingerprint density at radius 1 is 1.26 bits per heavy atom. The third kappa shape index (κ3) is 4.31. The predicted octanol–water partition coefficient (Wildman–Crippen LogP) is 2.89. The van der Waals surface area contributed by atoms with Gasteiger partial charge in [-0.1, -0.05) is 13.3 Å². The van der Waals surface area contributed by atoms with Crippen molar-refractivity contribution in [1.82, 2.24) is 0 Å². The molecule has 0 saturated heterocycles. The molecule has 108 valence electrons. The van der Waals surface area contributed by atoms with Crippen molar-refractivity contribution in [3.63, 3.8) is 0 Å². The molecular formula is C13H19F3N2O.